The molecule has 1 unspecified atom stereocenters. The number of carbonyl (C=O) groups excluding carboxylic acids is 1. The molecule has 7 heteroatoms. The predicted octanol–water partition coefficient (Wildman–Crippen LogP) is -0.0804. The van der Waals surface area contributed by atoms with E-state index in [-0.39, 0.29) is 18.1 Å². The fraction of sp³-hybridized carbons (Fsp3) is 0.364. The smallest absolute Gasteiger partial charge is 0.328 e. The molecule has 0 spiro atoms. The molecule has 1 aromatic heterocycles. The van der Waals surface area contributed by atoms with E-state index >= 15 is 0 Å². The Morgan fingerprint density at radius 2 is 2.22 bits per heavy atom. The first-order valence-electron chi connectivity index (χ1n) is 5.11. The molecule has 1 rings (SSSR count). The third-order valence-corrected chi connectivity index (χ3v) is 2.15. The van der Waals surface area contributed by atoms with Crippen molar-refractivity contribution in [2.45, 2.75) is 6.04 Å². The molecule has 7 nitrogen and oxygen atoms in total. The van der Waals surface area contributed by atoms with E-state index in [0.717, 1.165) is 0 Å². The number of carboxylic acid groups (broad SMARTS) is 1. The van der Waals surface area contributed by atoms with Crippen molar-refractivity contribution in [1.82, 2.24) is 10.3 Å². The number of aliphatic carboxylic acids is 1. The van der Waals surface area contributed by atoms with E-state index in [9.17, 15) is 9.59 Å². The van der Waals surface area contributed by atoms with E-state index in [0.29, 0.717) is 0 Å². The van der Waals surface area contributed by atoms with Gasteiger partial charge in [-0.3, -0.25) is 4.79 Å². The van der Waals surface area contributed by atoms with E-state index in [4.69, 9.17) is 14.6 Å². The number of amides is 1. The van der Waals surface area contributed by atoms with Crippen LogP contribution in [0.15, 0.2) is 18.3 Å². The molecule has 0 aliphatic rings. The molecule has 2 N–H and O–H groups in total. The Balaban J connectivity index is 2.83. The molecule has 98 valence electrons. The average Bonchev–Trinajstić information content (AvgIpc) is 2.37. The maximum Gasteiger partial charge on any atom is 0.328 e. The first-order chi connectivity index (χ1) is 8.60. The SMILES string of the molecule is COCC(NC(=O)c1cccnc1OC)C(=O)O. The Bertz CT molecular complexity index is 435. The van der Waals surface area contributed by atoms with Gasteiger partial charge in [-0.2, -0.15) is 0 Å². The summed E-state index contributed by atoms with van der Waals surface area (Å²) >= 11 is 0. The standard InChI is InChI=1S/C11H14N2O5/c1-17-6-8(11(15)16)13-9(14)7-4-3-5-12-10(7)18-2/h3-5,8H,6H2,1-2H3,(H,13,14)(H,15,16). The number of nitrogens with zero attached hydrogens (tertiary/aromatic N) is 1. The zero-order valence-corrected chi connectivity index (χ0v) is 10.0. The Morgan fingerprint density at radius 1 is 1.50 bits per heavy atom. The highest BCUT2D eigenvalue weighted by atomic mass is 16.5. The lowest BCUT2D eigenvalue weighted by Gasteiger charge is -2.14. The Hall–Kier alpha value is -2.15. The van der Waals surface area contributed by atoms with Crippen molar-refractivity contribution in [2.24, 2.45) is 0 Å². The molecule has 0 radical (unpaired) electrons. The molecule has 0 aliphatic heterocycles. The van der Waals surface area contributed by atoms with Crippen LogP contribution in [0.3, 0.4) is 0 Å². The topological polar surface area (TPSA) is 97.8 Å². The third kappa shape index (κ3) is 3.42. The van der Waals surface area contributed by atoms with Crippen LogP contribution in [0.2, 0.25) is 0 Å². The molecular formula is C11H14N2O5. The Morgan fingerprint density at radius 3 is 2.78 bits per heavy atom. The normalized spacial score (nSPS) is 11.7. The van der Waals surface area contributed by atoms with Gasteiger partial charge in [0.05, 0.1) is 13.7 Å². The van der Waals surface area contributed by atoms with E-state index in [2.05, 4.69) is 10.3 Å². The molecule has 1 heterocycles. The molecule has 0 bridgehead atoms. The van der Waals surface area contributed by atoms with Gasteiger partial charge in [0.2, 0.25) is 5.88 Å². The van der Waals surface area contributed by atoms with Gasteiger partial charge in [0.1, 0.15) is 5.56 Å². The number of nitrogens with one attached hydrogen (secondary N) is 1. The number of ether oxygens (including phenoxy) is 2. The number of pyridine rings is 1. The molecule has 1 aromatic rings. The van der Waals surface area contributed by atoms with Crippen molar-refractivity contribution in [3.8, 4) is 5.88 Å². The second-order valence-corrected chi connectivity index (χ2v) is 3.38. The van der Waals surface area contributed by atoms with Gasteiger partial charge >= 0.3 is 5.97 Å². The van der Waals surface area contributed by atoms with Crippen molar-refractivity contribution in [1.29, 1.82) is 0 Å². The lowest BCUT2D eigenvalue weighted by Crippen LogP contribution is -2.43. The van der Waals surface area contributed by atoms with Crippen LogP contribution >= 0.6 is 0 Å². The lowest BCUT2D eigenvalue weighted by molar-refractivity contribution is -0.140. The second-order valence-electron chi connectivity index (χ2n) is 3.38. The zero-order chi connectivity index (χ0) is 13.5. The van der Waals surface area contributed by atoms with Crippen LogP contribution in [0.1, 0.15) is 10.4 Å². The minimum Gasteiger partial charge on any atom is -0.480 e. The minimum atomic E-state index is -1.17. The quantitative estimate of drug-likeness (QED) is 0.736. The second kappa shape index (κ2) is 6.55. The molecule has 0 aliphatic carbocycles. The minimum absolute atomic E-state index is 0.121. The number of hydrogen-bond donors (Lipinski definition) is 2. The molecular weight excluding hydrogens is 240 g/mol. The highest BCUT2D eigenvalue weighted by Gasteiger charge is 2.22. The van der Waals surface area contributed by atoms with Crippen molar-refractivity contribution in [3.05, 3.63) is 23.9 Å². The highest BCUT2D eigenvalue weighted by Crippen LogP contribution is 2.13. The fourth-order valence-corrected chi connectivity index (χ4v) is 1.30. The zero-order valence-electron chi connectivity index (χ0n) is 10.0. The summed E-state index contributed by atoms with van der Waals surface area (Å²) in [5.41, 5.74) is 0.169. The van der Waals surface area contributed by atoms with Gasteiger partial charge in [-0.1, -0.05) is 0 Å². The van der Waals surface area contributed by atoms with Crippen molar-refractivity contribution >= 4 is 11.9 Å². The number of hydrogen-bond acceptors (Lipinski definition) is 5. The number of carboxylic acids is 1. The van der Waals surface area contributed by atoms with Gasteiger partial charge in [0.15, 0.2) is 6.04 Å². The van der Waals surface area contributed by atoms with Crippen molar-refractivity contribution in [2.75, 3.05) is 20.8 Å². The van der Waals surface area contributed by atoms with Crippen molar-refractivity contribution in [3.63, 3.8) is 0 Å². The third-order valence-electron chi connectivity index (χ3n) is 2.15. The van der Waals surface area contributed by atoms with Crippen LogP contribution < -0.4 is 10.1 Å². The summed E-state index contributed by atoms with van der Waals surface area (Å²) in [7, 11) is 2.73. The van der Waals surface area contributed by atoms with Gasteiger partial charge in [0.25, 0.3) is 5.91 Å². The van der Waals surface area contributed by atoms with E-state index in [1.807, 2.05) is 0 Å². The average molecular weight is 254 g/mol. The molecule has 0 fully saturated rings. The fourth-order valence-electron chi connectivity index (χ4n) is 1.30. The predicted molar refractivity (Wildman–Crippen MR) is 61.6 cm³/mol. The number of methoxy groups -OCH3 is 2. The van der Waals surface area contributed by atoms with Gasteiger partial charge in [0, 0.05) is 13.3 Å². The Kier molecular flexibility index (Phi) is 5.06. The summed E-state index contributed by atoms with van der Waals surface area (Å²) in [5, 5.41) is 11.2. The first-order valence-corrected chi connectivity index (χ1v) is 5.11. The summed E-state index contributed by atoms with van der Waals surface area (Å²) < 4.78 is 9.63. The van der Waals surface area contributed by atoms with Crippen LogP contribution in [0, 0.1) is 0 Å². The van der Waals surface area contributed by atoms with Crippen molar-refractivity contribution < 1.29 is 24.2 Å². The summed E-state index contributed by atoms with van der Waals surface area (Å²) in [6.07, 6.45) is 1.47. The maximum absolute atomic E-state index is 11.9. The monoisotopic (exact) mass is 254 g/mol. The van der Waals surface area contributed by atoms with Crippen LogP contribution in [-0.4, -0.2) is 48.8 Å². The summed E-state index contributed by atoms with van der Waals surface area (Å²) in [6.45, 7) is -0.121. The number of aromatic nitrogens is 1. The van der Waals surface area contributed by atoms with E-state index in [1.165, 1.54) is 26.5 Å². The van der Waals surface area contributed by atoms with Crippen LogP contribution in [0.5, 0.6) is 5.88 Å². The molecule has 0 saturated carbocycles. The van der Waals surface area contributed by atoms with Gasteiger partial charge < -0.3 is 19.9 Å². The van der Waals surface area contributed by atoms with Gasteiger partial charge in [-0.15, -0.1) is 0 Å². The number of rotatable bonds is 6. The first kappa shape index (κ1) is 13.9. The van der Waals surface area contributed by atoms with E-state index in [1.54, 1.807) is 6.07 Å². The molecule has 0 saturated heterocycles. The highest BCUT2D eigenvalue weighted by molar-refractivity contribution is 5.98. The summed E-state index contributed by atoms with van der Waals surface area (Å²) in [6, 6.07) is 1.93. The maximum atomic E-state index is 11.9. The van der Waals surface area contributed by atoms with Crippen LogP contribution in [-0.2, 0) is 9.53 Å². The number of carbonyl (C=O) groups is 2. The van der Waals surface area contributed by atoms with Crippen LogP contribution in [0.25, 0.3) is 0 Å². The lowest BCUT2D eigenvalue weighted by atomic mass is 10.2. The molecule has 0 aromatic carbocycles. The van der Waals surface area contributed by atoms with Gasteiger partial charge in [-0.25, -0.2) is 9.78 Å². The summed E-state index contributed by atoms with van der Waals surface area (Å²) in [5.74, 6) is -1.62. The molecule has 1 amide bonds. The largest absolute Gasteiger partial charge is 0.480 e. The van der Waals surface area contributed by atoms with E-state index < -0.39 is 17.9 Å². The molecule has 18 heavy (non-hydrogen) atoms. The Labute approximate surface area is 104 Å². The van der Waals surface area contributed by atoms with Gasteiger partial charge in [-0.05, 0) is 12.1 Å². The molecule has 1 atom stereocenters. The van der Waals surface area contributed by atoms with Crippen LogP contribution in [0.4, 0.5) is 0 Å². The summed E-state index contributed by atoms with van der Waals surface area (Å²) in [4.78, 5) is 26.6.